The molecule has 0 saturated carbocycles. The molecule has 2 aromatic rings. The summed E-state index contributed by atoms with van der Waals surface area (Å²) in [4.78, 5) is 18.2. The van der Waals surface area contributed by atoms with E-state index in [0.29, 0.717) is 12.5 Å². The molecule has 110 valence electrons. The van der Waals surface area contributed by atoms with Crippen LogP contribution in [0.1, 0.15) is 6.92 Å². The van der Waals surface area contributed by atoms with Gasteiger partial charge in [0.05, 0.1) is 11.1 Å². The van der Waals surface area contributed by atoms with Crippen molar-refractivity contribution in [1.29, 1.82) is 0 Å². The Kier molecular flexibility index (Phi) is 4.77. The van der Waals surface area contributed by atoms with E-state index in [9.17, 15) is 10.1 Å². The van der Waals surface area contributed by atoms with E-state index in [1.807, 2.05) is 6.92 Å². The molecular weight excluding hydrogens is 319 g/mol. The van der Waals surface area contributed by atoms with Crippen LogP contribution < -0.4 is 10.1 Å². The van der Waals surface area contributed by atoms with Gasteiger partial charge in [-0.05, 0) is 13.0 Å². The number of nitro benzene ring substituents is 1. The zero-order chi connectivity index (χ0) is 15.4. The second kappa shape index (κ2) is 6.55. The molecule has 0 aliphatic heterocycles. The molecule has 1 N–H and O–H groups in total. The molecule has 0 saturated heterocycles. The highest BCUT2D eigenvalue weighted by Crippen LogP contribution is 2.32. The van der Waals surface area contributed by atoms with Crippen LogP contribution in [0.3, 0.4) is 0 Å². The van der Waals surface area contributed by atoms with Crippen molar-refractivity contribution in [2.24, 2.45) is 0 Å². The number of benzene rings is 1. The van der Waals surface area contributed by atoms with E-state index in [2.05, 4.69) is 15.3 Å². The molecule has 0 bridgehead atoms. The first-order valence-electron chi connectivity index (χ1n) is 5.89. The lowest BCUT2D eigenvalue weighted by atomic mass is 10.3. The van der Waals surface area contributed by atoms with Crippen LogP contribution in [0.5, 0.6) is 11.6 Å². The number of nitro groups is 1. The van der Waals surface area contributed by atoms with Crippen molar-refractivity contribution in [3.8, 4) is 11.6 Å². The first-order valence-corrected chi connectivity index (χ1v) is 6.65. The predicted molar refractivity (Wildman–Crippen MR) is 79.4 cm³/mol. The zero-order valence-corrected chi connectivity index (χ0v) is 12.4. The highest BCUT2D eigenvalue weighted by Gasteiger charge is 2.14. The molecule has 0 spiro atoms. The van der Waals surface area contributed by atoms with Gasteiger partial charge in [-0.15, -0.1) is 0 Å². The minimum atomic E-state index is -0.576. The highest BCUT2D eigenvalue weighted by atomic mass is 35.5. The molecule has 0 aliphatic rings. The summed E-state index contributed by atoms with van der Waals surface area (Å²) in [5, 5.41) is 13.8. The predicted octanol–water partition coefficient (Wildman–Crippen LogP) is 3.92. The van der Waals surface area contributed by atoms with Crippen molar-refractivity contribution in [3.05, 3.63) is 44.6 Å². The number of rotatable bonds is 5. The summed E-state index contributed by atoms with van der Waals surface area (Å²) >= 11 is 11.8. The topological polar surface area (TPSA) is 90.2 Å². The molecule has 7 nitrogen and oxygen atoms in total. The van der Waals surface area contributed by atoms with Gasteiger partial charge in [0.15, 0.2) is 0 Å². The van der Waals surface area contributed by atoms with Gasteiger partial charge in [0, 0.05) is 18.7 Å². The van der Waals surface area contributed by atoms with Crippen molar-refractivity contribution < 1.29 is 9.66 Å². The molecule has 2 rings (SSSR count). The van der Waals surface area contributed by atoms with Crippen LogP contribution in [0.15, 0.2) is 24.4 Å². The van der Waals surface area contributed by atoms with Gasteiger partial charge >= 0.3 is 0 Å². The Morgan fingerprint density at radius 3 is 2.76 bits per heavy atom. The van der Waals surface area contributed by atoms with Crippen molar-refractivity contribution >= 4 is 34.8 Å². The third kappa shape index (κ3) is 3.71. The Morgan fingerprint density at radius 1 is 1.38 bits per heavy atom. The molecule has 0 aliphatic carbocycles. The minimum absolute atomic E-state index is 0.0328. The zero-order valence-electron chi connectivity index (χ0n) is 10.8. The molecule has 0 radical (unpaired) electrons. The smallest absolute Gasteiger partial charge is 0.288 e. The maximum absolute atomic E-state index is 10.7. The third-order valence-corrected chi connectivity index (χ3v) is 2.94. The number of hydrogen-bond acceptors (Lipinski definition) is 6. The minimum Gasteiger partial charge on any atom is -0.437 e. The molecule has 1 heterocycles. The molecule has 9 heteroatoms. The fourth-order valence-corrected chi connectivity index (χ4v) is 1.85. The first kappa shape index (κ1) is 15.3. The van der Waals surface area contributed by atoms with E-state index in [4.69, 9.17) is 27.9 Å². The maximum Gasteiger partial charge on any atom is 0.288 e. The van der Waals surface area contributed by atoms with Crippen molar-refractivity contribution in [2.75, 3.05) is 11.9 Å². The van der Waals surface area contributed by atoms with E-state index in [1.165, 1.54) is 24.4 Å². The van der Waals surface area contributed by atoms with Gasteiger partial charge in [-0.1, -0.05) is 23.2 Å². The molecule has 0 amide bonds. The Bertz CT molecular complexity index is 682. The quantitative estimate of drug-likeness (QED) is 0.660. The van der Waals surface area contributed by atoms with Gasteiger partial charge in [-0.25, -0.2) is 4.98 Å². The Labute approximate surface area is 130 Å². The Morgan fingerprint density at radius 2 is 2.14 bits per heavy atom. The molecular formula is C12H10Cl2N4O3. The number of nitrogens with zero attached hydrogens (tertiary/aromatic N) is 3. The molecule has 1 aromatic heterocycles. The van der Waals surface area contributed by atoms with Crippen LogP contribution in [-0.2, 0) is 0 Å². The van der Waals surface area contributed by atoms with Crippen LogP contribution in [-0.4, -0.2) is 21.4 Å². The lowest BCUT2D eigenvalue weighted by Gasteiger charge is -2.08. The van der Waals surface area contributed by atoms with E-state index in [-0.39, 0.29) is 27.4 Å². The Balaban J connectivity index is 2.27. The van der Waals surface area contributed by atoms with E-state index in [1.54, 1.807) is 0 Å². The molecule has 0 fully saturated rings. The fraction of sp³-hybridized carbons (Fsp3) is 0.167. The second-order valence-corrected chi connectivity index (χ2v) is 4.66. The summed E-state index contributed by atoms with van der Waals surface area (Å²) in [7, 11) is 0. The van der Waals surface area contributed by atoms with Crippen LogP contribution in [0, 0.1) is 10.1 Å². The number of hydrogen-bond donors (Lipinski definition) is 1. The monoisotopic (exact) mass is 328 g/mol. The summed E-state index contributed by atoms with van der Waals surface area (Å²) in [5.41, 5.74) is -0.203. The normalized spacial score (nSPS) is 10.2. The number of nitrogens with one attached hydrogen (secondary N) is 1. The lowest BCUT2D eigenvalue weighted by molar-refractivity contribution is -0.384. The fourth-order valence-electron chi connectivity index (χ4n) is 1.48. The molecule has 21 heavy (non-hydrogen) atoms. The van der Waals surface area contributed by atoms with E-state index < -0.39 is 4.92 Å². The van der Waals surface area contributed by atoms with Gasteiger partial charge in [-0.2, -0.15) is 4.98 Å². The number of halogens is 2. The summed E-state index contributed by atoms with van der Waals surface area (Å²) in [6, 6.07) is 3.98. The SMILES string of the molecule is CCNc1ncc(Cl)c(Oc2ccc([N+](=O)[O-])c(Cl)c2)n1. The van der Waals surface area contributed by atoms with Crippen LogP contribution in [0.25, 0.3) is 0 Å². The Hall–Kier alpha value is -2.12. The van der Waals surface area contributed by atoms with Crippen LogP contribution in [0.2, 0.25) is 10.0 Å². The van der Waals surface area contributed by atoms with Crippen molar-refractivity contribution in [3.63, 3.8) is 0 Å². The van der Waals surface area contributed by atoms with Gasteiger partial charge in [0.2, 0.25) is 11.8 Å². The number of aromatic nitrogens is 2. The molecule has 0 unspecified atom stereocenters. The number of anilines is 1. The largest absolute Gasteiger partial charge is 0.437 e. The third-order valence-electron chi connectivity index (χ3n) is 2.38. The summed E-state index contributed by atoms with van der Waals surface area (Å²) < 4.78 is 5.48. The van der Waals surface area contributed by atoms with Crippen LogP contribution >= 0.6 is 23.2 Å². The lowest BCUT2D eigenvalue weighted by Crippen LogP contribution is -2.03. The average molecular weight is 329 g/mol. The van der Waals surface area contributed by atoms with E-state index >= 15 is 0 Å². The summed E-state index contributed by atoms with van der Waals surface area (Å²) in [6.07, 6.45) is 1.40. The summed E-state index contributed by atoms with van der Waals surface area (Å²) in [6.45, 7) is 2.54. The molecule has 1 aromatic carbocycles. The van der Waals surface area contributed by atoms with Gasteiger partial charge in [-0.3, -0.25) is 10.1 Å². The standard InChI is InChI=1S/C12H10Cl2N4O3/c1-2-15-12-16-6-9(14)11(17-12)21-7-3-4-10(18(19)20)8(13)5-7/h3-6H,2H2,1H3,(H,15,16,17). The second-order valence-electron chi connectivity index (χ2n) is 3.85. The average Bonchev–Trinajstić information content (AvgIpc) is 2.42. The highest BCUT2D eigenvalue weighted by molar-refractivity contribution is 6.33. The van der Waals surface area contributed by atoms with Crippen molar-refractivity contribution in [2.45, 2.75) is 6.92 Å². The summed E-state index contributed by atoms with van der Waals surface area (Å²) in [5.74, 6) is 0.783. The number of ether oxygens (including phenoxy) is 1. The van der Waals surface area contributed by atoms with E-state index in [0.717, 1.165) is 0 Å². The van der Waals surface area contributed by atoms with Gasteiger partial charge in [0.25, 0.3) is 5.69 Å². The first-order chi connectivity index (χ1) is 10.0. The van der Waals surface area contributed by atoms with Gasteiger partial charge in [0.1, 0.15) is 15.8 Å². The van der Waals surface area contributed by atoms with Crippen LogP contribution in [0.4, 0.5) is 11.6 Å². The molecule has 0 atom stereocenters. The van der Waals surface area contributed by atoms with Crippen molar-refractivity contribution in [1.82, 2.24) is 9.97 Å². The maximum atomic E-state index is 10.7. The van der Waals surface area contributed by atoms with Gasteiger partial charge < -0.3 is 10.1 Å².